The Morgan fingerprint density at radius 2 is 2.19 bits per heavy atom. The first kappa shape index (κ1) is 14.9. The molecule has 0 aliphatic heterocycles. The monoisotopic (exact) mass is 312 g/mol. The molecule has 1 heterocycles. The highest BCUT2D eigenvalue weighted by Gasteiger charge is 2.18. The highest BCUT2D eigenvalue weighted by atomic mass is 32.2. The highest BCUT2D eigenvalue weighted by Crippen LogP contribution is 2.19. The second-order valence-corrected chi connectivity index (χ2v) is 5.79. The maximum absolute atomic E-state index is 12.1. The number of nitrogens with one attached hydrogen (secondary N) is 1. The maximum Gasteiger partial charge on any atom is 0.335 e. The molecule has 2 aromatic rings. The van der Waals surface area contributed by atoms with Gasteiger partial charge in [0.05, 0.1) is 11.3 Å². The lowest BCUT2D eigenvalue weighted by Crippen LogP contribution is -2.27. The molecule has 0 unspecified atom stereocenters. The number of anilines is 1. The van der Waals surface area contributed by atoms with Crippen molar-refractivity contribution < 1.29 is 22.8 Å². The Hall–Kier alpha value is -2.46. The summed E-state index contributed by atoms with van der Waals surface area (Å²) < 4.78 is 31.0. The molecule has 0 atom stereocenters. The van der Waals surface area contributed by atoms with Crippen LogP contribution in [0.3, 0.4) is 0 Å². The Morgan fingerprint density at radius 1 is 1.43 bits per heavy atom. The summed E-state index contributed by atoms with van der Waals surface area (Å²) in [6.45, 7) is 0.0575. The quantitative estimate of drug-likeness (QED) is 0.624. The summed E-state index contributed by atoms with van der Waals surface area (Å²) >= 11 is 0. The molecular formula is C11H12N4O5S. The Labute approximate surface area is 119 Å². The van der Waals surface area contributed by atoms with Crippen LogP contribution in [0.5, 0.6) is 0 Å². The highest BCUT2D eigenvalue weighted by molar-refractivity contribution is 7.89. The summed E-state index contributed by atoms with van der Waals surface area (Å²) in [5.41, 5.74) is 5.37. The summed E-state index contributed by atoms with van der Waals surface area (Å²) in [4.78, 5) is 14.3. The Kier molecular flexibility index (Phi) is 4.19. The van der Waals surface area contributed by atoms with Crippen LogP contribution in [0, 0.1) is 0 Å². The van der Waals surface area contributed by atoms with Crippen LogP contribution in [0.4, 0.5) is 5.69 Å². The molecule has 0 aliphatic rings. The van der Waals surface area contributed by atoms with Gasteiger partial charge in [0.15, 0.2) is 5.82 Å². The average molecular weight is 312 g/mol. The van der Waals surface area contributed by atoms with E-state index in [9.17, 15) is 13.2 Å². The minimum Gasteiger partial charge on any atom is -0.478 e. The molecule has 1 aromatic heterocycles. The molecule has 0 fully saturated rings. The summed E-state index contributed by atoms with van der Waals surface area (Å²) in [5.74, 6) is -0.817. The second kappa shape index (κ2) is 5.89. The van der Waals surface area contributed by atoms with Gasteiger partial charge in [-0.25, -0.2) is 17.9 Å². The molecule has 9 nitrogen and oxygen atoms in total. The number of rotatable bonds is 6. The number of aromatic carboxylic acids is 1. The van der Waals surface area contributed by atoms with Gasteiger partial charge in [-0.3, -0.25) is 0 Å². The number of nitrogen functional groups attached to an aromatic ring is 1. The number of hydrogen-bond donors (Lipinski definition) is 3. The van der Waals surface area contributed by atoms with Crippen molar-refractivity contribution in [1.29, 1.82) is 0 Å². The van der Waals surface area contributed by atoms with Gasteiger partial charge < -0.3 is 15.4 Å². The van der Waals surface area contributed by atoms with Crippen molar-refractivity contribution in [3.05, 3.63) is 36.0 Å². The van der Waals surface area contributed by atoms with Crippen LogP contribution in [-0.2, 0) is 16.4 Å². The lowest BCUT2D eigenvalue weighted by Gasteiger charge is -2.09. The number of hydrogen-bond acceptors (Lipinski definition) is 7. The van der Waals surface area contributed by atoms with E-state index in [1.165, 1.54) is 6.07 Å². The number of aromatic nitrogens is 2. The third-order valence-electron chi connectivity index (χ3n) is 2.59. The number of sulfonamides is 1. The van der Waals surface area contributed by atoms with Gasteiger partial charge in [-0.1, -0.05) is 5.16 Å². The first-order chi connectivity index (χ1) is 9.90. The zero-order valence-electron chi connectivity index (χ0n) is 10.7. The smallest absolute Gasteiger partial charge is 0.335 e. The van der Waals surface area contributed by atoms with Crippen molar-refractivity contribution in [3.63, 3.8) is 0 Å². The standard InChI is InChI=1S/C11H12N4O5S/c12-8-5-7(11(16)17)1-2-9(8)21(18,19)14-4-3-10-13-6-20-15-10/h1-2,5-6,14H,3-4,12H2,(H,16,17). The van der Waals surface area contributed by atoms with E-state index in [0.717, 1.165) is 18.5 Å². The number of benzene rings is 1. The molecule has 0 radical (unpaired) electrons. The molecule has 21 heavy (non-hydrogen) atoms. The molecule has 1 aromatic carbocycles. The van der Waals surface area contributed by atoms with Gasteiger partial charge in [0.2, 0.25) is 16.4 Å². The molecule has 0 spiro atoms. The van der Waals surface area contributed by atoms with Crippen LogP contribution < -0.4 is 10.5 Å². The molecule has 0 saturated heterocycles. The summed E-state index contributed by atoms with van der Waals surface area (Å²) in [6, 6.07) is 3.41. The zero-order chi connectivity index (χ0) is 15.5. The number of nitrogens with two attached hydrogens (primary N) is 1. The summed E-state index contributed by atoms with van der Waals surface area (Å²) in [6.07, 6.45) is 1.40. The van der Waals surface area contributed by atoms with Gasteiger partial charge in [-0.2, -0.15) is 4.98 Å². The van der Waals surface area contributed by atoms with Crippen molar-refractivity contribution >= 4 is 21.7 Å². The molecule has 0 bridgehead atoms. The molecule has 10 heteroatoms. The molecule has 112 valence electrons. The lowest BCUT2D eigenvalue weighted by molar-refractivity contribution is 0.0697. The van der Waals surface area contributed by atoms with Crippen LogP contribution in [0.2, 0.25) is 0 Å². The fraction of sp³-hybridized carbons (Fsp3) is 0.182. The Morgan fingerprint density at radius 3 is 2.76 bits per heavy atom. The third kappa shape index (κ3) is 3.55. The van der Waals surface area contributed by atoms with Crippen molar-refractivity contribution in [2.45, 2.75) is 11.3 Å². The molecule has 0 saturated carbocycles. The fourth-order valence-corrected chi connectivity index (χ4v) is 2.75. The van der Waals surface area contributed by atoms with Gasteiger partial charge in [0, 0.05) is 13.0 Å². The van der Waals surface area contributed by atoms with Gasteiger partial charge >= 0.3 is 5.97 Å². The van der Waals surface area contributed by atoms with E-state index < -0.39 is 16.0 Å². The van der Waals surface area contributed by atoms with Crippen molar-refractivity contribution in [1.82, 2.24) is 14.9 Å². The number of nitrogens with zero attached hydrogens (tertiary/aromatic N) is 2. The average Bonchev–Trinajstić information content (AvgIpc) is 2.91. The van der Waals surface area contributed by atoms with E-state index in [1.54, 1.807) is 0 Å². The SMILES string of the molecule is Nc1cc(C(=O)O)ccc1S(=O)(=O)NCCc1ncon1. The van der Waals surface area contributed by atoms with Crippen LogP contribution in [0.15, 0.2) is 34.0 Å². The molecule has 2 rings (SSSR count). The van der Waals surface area contributed by atoms with Crippen molar-refractivity contribution in [3.8, 4) is 0 Å². The van der Waals surface area contributed by atoms with E-state index in [0.29, 0.717) is 5.82 Å². The Balaban J connectivity index is 2.10. The van der Waals surface area contributed by atoms with E-state index in [1.807, 2.05) is 0 Å². The number of carbonyl (C=O) groups is 1. The minimum absolute atomic E-state index is 0.0575. The van der Waals surface area contributed by atoms with Gasteiger partial charge in [-0.05, 0) is 18.2 Å². The molecular weight excluding hydrogens is 300 g/mol. The lowest BCUT2D eigenvalue weighted by atomic mass is 10.2. The molecule has 4 N–H and O–H groups in total. The van der Waals surface area contributed by atoms with Crippen LogP contribution >= 0.6 is 0 Å². The van der Waals surface area contributed by atoms with Crippen LogP contribution in [0.25, 0.3) is 0 Å². The molecule has 0 amide bonds. The minimum atomic E-state index is -3.84. The fourth-order valence-electron chi connectivity index (χ4n) is 1.60. The normalized spacial score (nSPS) is 11.4. The predicted octanol–water partition coefficient (Wildman–Crippen LogP) is -0.129. The number of carboxylic acids is 1. The van der Waals surface area contributed by atoms with E-state index in [2.05, 4.69) is 19.4 Å². The van der Waals surface area contributed by atoms with Crippen molar-refractivity contribution in [2.24, 2.45) is 0 Å². The zero-order valence-corrected chi connectivity index (χ0v) is 11.5. The predicted molar refractivity (Wildman–Crippen MR) is 71.0 cm³/mol. The number of carboxylic acid groups (broad SMARTS) is 1. The second-order valence-electron chi connectivity index (χ2n) is 4.05. The summed E-state index contributed by atoms with van der Waals surface area (Å²) in [5, 5.41) is 12.4. The molecule has 0 aliphatic carbocycles. The first-order valence-electron chi connectivity index (χ1n) is 5.78. The van der Waals surface area contributed by atoms with E-state index in [-0.39, 0.29) is 29.1 Å². The van der Waals surface area contributed by atoms with Crippen LogP contribution in [0.1, 0.15) is 16.2 Å². The van der Waals surface area contributed by atoms with Crippen LogP contribution in [-0.4, -0.2) is 36.2 Å². The van der Waals surface area contributed by atoms with Gasteiger partial charge in [-0.15, -0.1) is 0 Å². The topological polar surface area (TPSA) is 148 Å². The maximum atomic E-state index is 12.1. The van der Waals surface area contributed by atoms with Crippen molar-refractivity contribution in [2.75, 3.05) is 12.3 Å². The first-order valence-corrected chi connectivity index (χ1v) is 7.26. The van der Waals surface area contributed by atoms with E-state index >= 15 is 0 Å². The van der Waals surface area contributed by atoms with E-state index in [4.69, 9.17) is 10.8 Å². The van der Waals surface area contributed by atoms with Gasteiger partial charge in [0.25, 0.3) is 0 Å². The Bertz CT molecular complexity index is 742. The largest absolute Gasteiger partial charge is 0.478 e. The summed E-state index contributed by atoms with van der Waals surface area (Å²) in [7, 11) is -3.84. The third-order valence-corrected chi connectivity index (χ3v) is 4.13. The van der Waals surface area contributed by atoms with Gasteiger partial charge in [0.1, 0.15) is 4.90 Å².